The summed E-state index contributed by atoms with van der Waals surface area (Å²) >= 11 is 1.77. The topological polar surface area (TPSA) is 47.3 Å². The van der Waals surface area contributed by atoms with Gasteiger partial charge in [-0.2, -0.15) is 0 Å². The van der Waals surface area contributed by atoms with Crippen LogP contribution in [0.4, 0.5) is 0 Å². The summed E-state index contributed by atoms with van der Waals surface area (Å²) in [6.07, 6.45) is 3.03. The van der Waals surface area contributed by atoms with E-state index in [9.17, 15) is 0 Å². The fourth-order valence-electron chi connectivity index (χ4n) is 1.39. The molecule has 0 aromatic carbocycles. The van der Waals surface area contributed by atoms with Gasteiger partial charge in [-0.05, 0) is 30.7 Å². The molecule has 1 rings (SSSR count). The number of ether oxygens (including phenoxy) is 1. The van der Waals surface area contributed by atoms with E-state index in [4.69, 9.17) is 10.6 Å². The van der Waals surface area contributed by atoms with Gasteiger partial charge in [-0.15, -0.1) is 11.3 Å². The zero-order chi connectivity index (χ0) is 10.9. The van der Waals surface area contributed by atoms with Gasteiger partial charge in [-0.3, -0.25) is 11.3 Å². The zero-order valence-corrected chi connectivity index (χ0v) is 10.1. The molecule has 4 heteroatoms. The van der Waals surface area contributed by atoms with Gasteiger partial charge in [0.25, 0.3) is 0 Å². The summed E-state index contributed by atoms with van der Waals surface area (Å²) in [6, 6.07) is 4.53. The number of hydrogen-bond donors (Lipinski definition) is 2. The molecule has 1 heterocycles. The molecule has 0 saturated carbocycles. The largest absolute Gasteiger partial charge is 0.381 e. The maximum Gasteiger partial charge on any atom is 0.0481 e. The monoisotopic (exact) mass is 228 g/mol. The van der Waals surface area contributed by atoms with Crippen molar-refractivity contribution in [1.82, 2.24) is 5.43 Å². The van der Waals surface area contributed by atoms with Crippen LogP contribution < -0.4 is 11.3 Å². The molecule has 1 aromatic rings. The first-order chi connectivity index (χ1) is 7.36. The molecule has 0 aliphatic rings. The average molecular weight is 228 g/mol. The summed E-state index contributed by atoms with van der Waals surface area (Å²) in [7, 11) is 0. The predicted molar refractivity (Wildman–Crippen MR) is 64.9 cm³/mol. The molecule has 15 heavy (non-hydrogen) atoms. The predicted octanol–water partition coefficient (Wildman–Crippen LogP) is 1.94. The number of hydrogen-bond acceptors (Lipinski definition) is 4. The van der Waals surface area contributed by atoms with Crippen LogP contribution in [0.25, 0.3) is 0 Å². The molecule has 86 valence electrons. The van der Waals surface area contributed by atoms with Crippen LogP contribution in [0.5, 0.6) is 0 Å². The SMILES string of the molecule is CCCOCCC(Cc1cccs1)NN. The lowest BCUT2D eigenvalue weighted by atomic mass is 10.1. The van der Waals surface area contributed by atoms with Crippen molar-refractivity contribution in [2.75, 3.05) is 13.2 Å². The lowest BCUT2D eigenvalue weighted by molar-refractivity contribution is 0.124. The van der Waals surface area contributed by atoms with E-state index in [1.165, 1.54) is 4.88 Å². The van der Waals surface area contributed by atoms with Crippen molar-refractivity contribution < 1.29 is 4.74 Å². The molecule has 0 aliphatic heterocycles. The van der Waals surface area contributed by atoms with Crippen LogP contribution >= 0.6 is 11.3 Å². The Morgan fingerprint density at radius 2 is 2.40 bits per heavy atom. The summed E-state index contributed by atoms with van der Waals surface area (Å²) in [5.41, 5.74) is 2.84. The molecule has 1 aromatic heterocycles. The highest BCUT2D eigenvalue weighted by Crippen LogP contribution is 2.12. The molecule has 0 saturated heterocycles. The molecular weight excluding hydrogens is 208 g/mol. The normalized spacial score (nSPS) is 12.9. The molecule has 0 spiro atoms. The van der Waals surface area contributed by atoms with E-state index in [0.29, 0.717) is 6.04 Å². The van der Waals surface area contributed by atoms with Gasteiger partial charge in [0.2, 0.25) is 0 Å². The van der Waals surface area contributed by atoms with Crippen LogP contribution in [0.2, 0.25) is 0 Å². The van der Waals surface area contributed by atoms with Crippen LogP contribution in [-0.4, -0.2) is 19.3 Å². The molecule has 1 atom stereocenters. The minimum Gasteiger partial charge on any atom is -0.381 e. The van der Waals surface area contributed by atoms with E-state index in [0.717, 1.165) is 32.5 Å². The van der Waals surface area contributed by atoms with E-state index >= 15 is 0 Å². The van der Waals surface area contributed by atoms with E-state index in [1.54, 1.807) is 11.3 Å². The van der Waals surface area contributed by atoms with Gasteiger partial charge in [0.15, 0.2) is 0 Å². The second-order valence-corrected chi connectivity index (χ2v) is 4.58. The Kier molecular flexibility index (Phi) is 6.59. The van der Waals surface area contributed by atoms with Crippen molar-refractivity contribution in [2.45, 2.75) is 32.2 Å². The Bertz CT molecular complexity index is 239. The maximum atomic E-state index is 5.50. The second-order valence-electron chi connectivity index (χ2n) is 3.55. The van der Waals surface area contributed by atoms with Gasteiger partial charge in [-0.1, -0.05) is 13.0 Å². The summed E-state index contributed by atoms with van der Waals surface area (Å²) in [5, 5.41) is 2.09. The van der Waals surface area contributed by atoms with Gasteiger partial charge in [-0.25, -0.2) is 0 Å². The molecule has 0 fully saturated rings. The minimum absolute atomic E-state index is 0.320. The van der Waals surface area contributed by atoms with Crippen molar-refractivity contribution in [3.05, 3.63) is 22.4 Å². The average Bonchev–Trinajstić information content (AvgIpc) is 2.75. The van der Waals surface area contributed by atoms with Crippen LogP contribution in [0.3, 0.4) is 0 Å². The van der Waals surface area contributed by atoms with Crippen molar-refractivity contribution in [3.63, 3.8) is 0 Å². The lowest BCUT2D eigenvalue weighted by Crippen LogP contribution is -2.37. The lowest BCUT2D eigenvalue weighted by Gasteiger charge is -2.14. The zero-order valence-electron chi connectivity index (χ0n) is 9.24. The molecule has 3 nitrogen and oxygen atoms in total. The first-order valence-electron chi connectivity index (χ1n) is 5.43. The number of nitrogens with one attached hydrogen (secondary N) is 1. The number of hydrazine groups is 1. The Morgan fingerprint density at radius 3 is 3.00 bits per heavy atom. The molecule has 3 N–H and O–H groups in total. The molecule has 0 aliphatic carbocycles. The van der Waals surface area contributed by atoms with Gasteiger partial charge in [0.05, 0.1) is 0 Å². The van der Waals surface area contributed by atoms with Gasteiger partial charge in [0, 0.05) is 24.1 Å². The van der Waals surface area contributed by atoms with Crippen molar-refractivity contribution in [2.24, 2.45) is 5.84 Å². The molecule has 0 bridgehead atoms. The van der Waals surface area contributed by atoms with Crippen molar-refractivity contribution in [1.29, 1.82) is 0 Å². The van der Waals surface area contributed by atoms with Crippen LogP contribution in [-0.2, 0) is 11.2 Å². The smallest absolute Gasteiger partial charge is 0.0481 e. The van der Waals surface area contributed by atoms with E-state index in [1.807, 2.05) is 0 Å². The number of rotatable bonds is 8. The fraction of sp³-hybridized carbons (Fsp3) is 0.636. The summed E-state index contributed by atoms with van der Waals surface area (Å²) in [4.78, 5) is 1.37. The van der Waals surface area contributed by atoms with Crippen molar-refractivity contribution >= 4 is 11.3 Å². The number of thiophene rings is 1. The van der Waals surface area contributed by atoms with E-state index < -0.39 is 0 Å². The van der Waals surface area contributed by atoms with Crippen LogP contribution in [0.15, 0.2) is 17.5 Å². The molecular formula is C11H20N2OS. The van der Waals surface area contributed by atoms with Crippen molar-refractivity contribution in [3.8, 4) is 0 Å². The minimum atomic E-state index is 0.320. The third-order valence-electron chi connectivity index (χ3n) is 2.22. The Hall–Kier alpha value is -0.420. The third-order valence-corrected chi connectivity index (χ3v) is 3.12. The van der Waals surface area contributed by atoms with Gasteiger partial charge in [0.1, 0.15) is 0 Å². The second kappa shape index (κ2) is 7.82. The van der Waals surface area contributed by atoms with Gasteiger partial charge < -0.3 is 4.74 Å². The van der Waals surface area contributed by atoms with Crippen LogP contribution in [0, 0.1) is 0 Å². The molecule has 0 radical (unpaired) electrons. The standard InChI is InChI=1S/C11H20N2OS/c1-2-6-14-7-5-10(13-12)9-11-4-3-8-15-11/h3-4,8,10,13H,2,5-7,9,12H2,1H3. The van der Waals surface area contributed by atoms with E-state index in [-0.39, 0.29) is 0 Å². The molecule has 1 unspecified atom stereocenters. The van der Waals surface area contributed by atoms with Gasteiger partial charge >= 0.3 is 0 Å². The first kappa shape index (κ1) is 12.6. The quantitative estimate of drug-likeness (QED) is 0.406. The van der Waals surface area contributed by atoms with E-state index in [2.05, 4.69) is 29.9 Å². The maximum absolute atomic E-state index is 5.50. The number of nitrogens with two attached hydrogens (primary N) is 1. The summed E-state index contributed by atoms with van der Waals surface area (Å²) in [6.45, 7) is 3.74. The Morgan fingerprint density at radius 1 is 1.53 bits per heavy atom. The highest BCUT2D eigenvalue weighted by atomic mass is 32.1. The Labute approximate surface area is 95.6 Å². The first-order valence-corrected chi connectivity index (χ1v) is 6.31. The fourth-order valence-corrected chi connectivity index (χ4v) is 2.17. The highest BCUT2D eigenvalue weighted by Gasteiger charge is 2.07. The van der Waals surface area contributed by atoms with Crippen LogP contribution in [0.1, 0.15) is 24.6 Å². The Balaban J connectivity index is 2.18. The highest BCUT2D eigenvalue weighted by molar-refractivity contribution is 7.09. The molecule has 0 amide bonds. The summed E-state index contributed by atoms with van der Waals surface area (Å²) in [5.74, 6) is 5.50. The summed E-state index contributed by atoms with van der Waals surface area (Å²) < 4.78 is 5.44. The third kappa shape index (κ3) is 5.28.